The summed E-state index contributed by atoms with van der Waals surface area (Å²) in [6.07, 6.45) is 1.32. The lowest BCUT2D eigenvalue weighted by molar-refractivity contribution is 0.0588. The van der Waals surface area contributed by atoms with Crippen LogP contribution >= 0.6 is 11.6 Å². The van der Waals surface area contributed by atoms with E-state index in [1.807, 2.05) is 6.07 Å². The van der Waals surface area contributed by atoms with Crippen molar-refractivity contribution in [1.82, 2.24) is 4.57 Å². The van der Waals surface area contributed by atoms with E-state index in [1.165, 1.54) is 44.2 Å². The van der Waals surface area contributed by atoms with E-state index in [1.54, 1.807) is 0 Å². The molecule has 2 N–H and O–H groups in total. The summed E-state index contributed by atoms with van der Waals surface area (Å²) in [5.74, 6) is -1.21. The number of nitriles is 1. The first-order chi connectivity index (χ1) is 11.9. The molecule has 0 aliphatic carbocycles. The highest BCUT2D eigenvalue weighted by atomic mass is 35.5. The molecule has 2 rings (SSSR count). The zero-order valence-electron chi connectivity index (χ0n) is 13.6. The molecule has 9 heteroatoms. The molecule has 0 spiro atoms. The Bertz CT molecular complexity index is 898. The number of hydrogen-bond acceptors (Lipinski definition) is 7. The predicted octanol–water partition coefficient (Wildman–Crippen LogP) is 2.17. The molecule has 0 aliphatic rings. The van der Waals surface area contributed by atoms with Crippen molar-refractivity contribution < 1.29 is 23.8 Å². The van der Waals surface area contributed by atoms with Crippen LogP contribution in [0.5, 0.6) is 5.75 Å². The zero-order chi connectivity index (χ0) is 18.7. The number of nitrogens with zero attached hydrogens (tertiary/aromatic N) is 2. The van der Waals surface area contributed by atoms with E-state index in [-0.39, 0.29) is 39.0 Å². The number of methoxy groups -OCH3 is 3. The Morgan fingerprint density at radius 2 is 1.84 bits per heavy atom. The van der Waals surface area contributed by atoms with Crippen molar-refractivity contribution >= 4 is 29.2 Å². The molecule has 0 radical (unpaired) electrons. The lowest BCUT2D eigenvalue weighted by Crippen LogP contribution is -2.12. The molecule has 0 saturated heterocycles. The maximum Gasteiger partial charge on any atom is 0.357 e. The Labute approximate surface area is 148 Å². The first-order valence-corrected chi connectivity index (χ1v) is 7.22. The number of aromatic nitrogens is 1. The van der Waals surface area contributed by atoms with Crippen LogP contribution in [0.2, 0.25) is 5.02 Å². The van der Waals surface area contributed by atoms with E-state index in [0.29, 0.717) is 0 Å². The minimum Gasteiger partial charge on any atom is -0.495 e. The normalized spacial score (nSPS) is 10.0. The molecule has 8 nitrogen and oxygen atoms in total. The Morgan fingerprint density at radius 1 is 1.20 bits per heavy atom. The van der Waals surface area contributed by atoms with Gasteiger partial charge in [-0.15, -0.1) is 0 Å². The maximum absolute atomic E-state index is 12.1. The molecular formula is C16H14ClN3O5. The minimum atomic E-state index is -0.766. The zero-order valence-corrected chi connectivity index (χ0v) is 14.4. The number of carbonyl (C=O) groups is 2. The first-order valence-electron chi connectivity index (χ1n) is 6.85. The van der Waals surface area contributed by atoms with Gasteiger partial charge in [0, 0.05) is 6.20 Å². The molecule has 0 saturated carbocycles. The Morgan fingerprint density at radius 3 is 2.36 bits per heavy atom. The largest absolute Gasteiger partial charge is 0.495 e. The Balaban J connectivity index is 2.84. The fourth-order valence-corrected chi connectivity index (χ4v) is 2.52. The molecule has 0 bridgehead atoms. The summed E-state index contributed by atoms with van der Waals surface area (Å²) >= 11 is 6.31. The molecule has 0 aliphatic heterocycles. The SMILES string of the molecule is COC(=O)c1cc(OC)c(Cl)c(-n2cc(C#N)c(N)c2C(=O)OC)c1. The van der Waals surface area contributed by atoms with Crippen LogP contribution in [0, 0.1) is 11.3 Å². The van der Waals surface area contributed by atoms with Crippen LogP contribution in [0.4, 0.5) is 5.69 Å². The van der Waals surface area contributed by atoms with Gasteiger partial charge in [-0.2, -0.15) is 5.26 Å². The predicted molar refractivity (Wildman–Crippen MR) is 89.1 cm³/mol. The first kappa shape index (κ1) is 18.2. The average molecular weight is 364 g/mol. The summed E-state index contributed by atoms with van der Waals surface area (Å²) in [6.45, 7) is 0. The summed E-state index contributed by atoms with van der Waals surface area (Å²) in [6, 6.07) is 4.67. The number of esters is 2. The van der Waals surface area contributed by atoms with Crippen LogP contribution in [-0.2, 0) is 9.47 Å². The van der Waals surface area contributed by atoms with Crippen LogP contribution < -0.4 is 10.5 Å². The molecule has 1 heterocycles. The van der Waals surface area contributed by atoms with E-state index in [0.717, 1.165) is 0 Å². The molecule has 0 fully saturated rings. The highest BCUT2D eigenvalue weighted by Crippen LogP contribution is 2.35. The highest BCUT2D eigenvalue weighted by Gasteiger charge is 2.25. The van der Waals surface area contributed by atoms with Crippen molar-refractivity contribution in [3.05, 3.63) is 40.2 Å². The van der Waals surface area contributed by atoms with Crippen LogP contribution in [0.1, 0.15) is 26.4 Å². The molecule has 0 unspecified atom stereocenters. The number of ether oxygens (including phenoxy) is 3. The van der Waals surface area contributed by atoms with Gasteiger partial charge >= 0.3 is 11.9 Å². The molecule has 0 atom stereocenters. The lowest BCUT2D eigenvalue weighted by Gasteiger charge is -2.14. The second-order valence-corrected chi connectivity index (χ2v) is 5.16. The topological polar surface area (TPSA) is 117 Å². The van der Waals surface area contributed by atoms with E-state index in [2.05, 4.69) is 0 Å². The second-order valence-electron chi connectivity index (χ2n) is 4.78. The van der Waals surface area contributed by atoms with E-state index in [4.69, 9.17) is 31.5 Å². The van der Waals surface area contributed by atoms with Gasteiger partial charge in [-0.05, 0) is 12.1 Å². The smallest absolute Gasteiger partial charge is 0.357 e. The third-order valence-electron chi connectivity index (χ3n) is 3.46. The van der Waals surface area contributed by atoms with Gasteiger partial charge in [-0.1, -0.05) is 11.6 Å². The fourth-order valence-electron chi connectivity index (χ4n) is 2.25. The number of halogens is 1. The molecule has 1 aromatic carbocycles. The standard InChI is InChI=1S/C16H14ClN3O5/c1-23-11-5-8(15(21)24-2)4-10(12(11)17)20-7-9(6-18)13(19)14(20)16(22)25-3/h4-5,7H,19H2,1-3H3. The van der Waals surface area contributed by atoms with Crippen LogP contribution in [0.25, 0.3) is 5.69 Å². The van der Waals surface area contributed by atoms with Gasteiger partial charge in [0.15, 0.2) is 5.69 Å². The molecule has 2 aromatic rings. The number of nitrogens with two attached hydrogens (primary N) is 1. The summed E-state index contributed by atoms with van der Waals surface area (Å²) in [5, 5.41) is 9.29. The average Bonchev–Trinajstić information content (AvgIpc) is 2.96. The van der Waals surface area contributed by atoms with Crippen molar-refractivity contribution in [3.8, 4) is 17.5 Å². The molecular weight excluding hydrogens is 350 g/mol. The summed E-state index contributed by atoms with van der Waals surface area (Å²) in [7, 11) is 3.78. The van der Waals surface area contributed by atoms with Gasteiger partial charge in [0.1, 0.15) is 16.8 Å². The van der Waals surface area contributed by atoms with Crippen LogP contribution in [0.3, 0.4) is 0 Å². The fraction of sp³-hybridized carbons (Fsp3) is 0.188. The summed E-state index contributed by atoms with van der Waals surface area (Å²) < 4.78 is 15.9. The van der Waals surface area contributed by atoms with Gasteiger partial charge in [0.25, 0.3) is 0 Å². The van der Waals surface area contributed by atoms with E-state index in [9.17, 15) is 14.9 Å². The molecule has 1 aromatic heterocycles. The van der Waals surface area contributed by atoms with Crippen LogP contribution in [0.15, 0.2) is 18.3 Å². The molecule has 0 amide bonds. The Hall–Kier alpha value is -3.18. The van der Waals surface area contributed by atoms with E-state index < -0.39 is 11.9 Å². The van der Waals surface area contributed by atoms with Gasteiger partial charge < -0.3 is 24.5 Å². The third-order valence-corrected chi connectivity index (χ3v) is 3.84. The van der Waals surface area contributed by atoms with Gasteiger partial charge in [-0.25, -0.2) is 9.59 Å². The van der Waals surface area contributed by atoms with Crippen molar-refractivity contribution in [3.63, 3.8) is 0 Å². The Kier molecular flexibility index (Phi) is 5.20. The van der Waals surface area contributed by atoms with E-state index >= 15 is 0 Å². The van der Waals surface area contributed by atoms with Crippen molar-refractivity contribution in [2.75, 3.05) is 27.1 Å². The van der Waals surface area contributed by atoms with Gasteiger partial charge in [-0.3, -0.25) is 0 Å². The summed E-state index contributed by atoms with van der Waals surface area (Å²) in [5.41, 5.74) is 6.11. The number of nitrogen functional groups attached to an aromatic ring is 1. The number of benzene rings is 1. The highest BCUT2D eigenvalue weighted by molar-refractivity contribution is 6.34. The molecule has 25 heavy (non-hydrogen) atoms. The third kappa shape index (κ3) is 3.09. The minimum absolute atomic E-state index is 0.0545. The van der Waals surface area contributed by atoms with Crippen LogP contribution in [-0.4, -0.2) is 37.8 Å². The van der Waals surface area contributed by atoms with Crippen molar-refractivity contribution in [2.24, 2.45) is 0 Å². The van der Waals surface area contributed by atoms with Gasteiger partial charge in [0.05, 0.1) is 43.8 Å². The monoisotopic (exact) mass is 363 g/mol. The number of rotatable bonds is 4. The number of anilines is 1. The van der Waals surface area contributed by atoms with Crippen molar-refractivity contribution in [2.45, 2.75) is 0 Å². The van der Waals surface area contributed by atoms with Gasteiger partial charge in [0.2, 0.25) is 0 Å². The number of hydrogen-bond donors (Lipinski definition) is 1. The quantitative estimate of drug-likeness (QED) is 0.827. The van der Waals surface area contributed by atoms with Crippen molar-refractivity contribution in [1.29, 1.82) is 5.26 Å². The summed E-state index contributed by atoms with van der Waals surface area (Å²) in [4.78, 5) is 24.0. The molecule has 130 valence electrons. The maximum atomic E-state index is 12.1. The lowest BCUT2D eigenvalue weighted by atomic mass is 10.1. The number of carbonyl (C=O) groups excluding carboxylic acids is 2. The second kappa shape index (κ2) is 7.15.